The third-order valence-electron chi connectivity index (χ3n) is 4.49. The average Bonchev–Trinajstić information content (AvgIpc) is 3.12. The molecule has 2 aliphatic rings. The quantitative estimate of drug-likeness (QED) is 0.909. The molecule has 1 aromatic carbocycles. The summed E-state index contributed by atoms with van der Waals surface area (Å²) in [6, 6.07) is 9.06. The van der Waals surface area contributed by atoms with Crippen molar-refractivity contribution in [3.8, 4) is 5.75 Å². The molecule has 0 fully saturated rings. The summed E-state index contributed by atoms with van der Waals surface area (Å²) >= 11 is 0. The van der Waals surface area contributed by atoms with Crippen molar-refractivity contribution in [3.63, 3.8) is 0 Å². The van der Waals surface area contributed by atoms with Gasteiger partial charge in [-0.05, 0) is 48.9 Å². The molecule has 136 valence electrons. The maximum atomic E-state index is 12.7. The predicted octanol–water partition coefficient (Wildman–Crippen LogP) is 2.80. The van der Waals surface area contributed by atoms with Crippen molar-refractivity contribution in [3.05, 3.63) is 83.3 Å². The van der Waals surface area contributed by atoms with Crippen molar-refractivity contribution in [1.82, 2.24) is 10.3 Å². The Balaban J connectivity index is 1.53. The molecule has 2 aromatic rings. The van der Waals surface area contributed by atoms with Gasteiger partial charge in [0.15, 0.2) is 0 Å². The Morgan fingerprint density at radius 3 is 2.93 bits per heavy atom. The van der Waals surface area contributed by atoms with Crippen LogP contribution in [0.15, 0.2) is 71.6 Å². The molecule has 0 saturated carbocycles. The number of aromatic nitrogens is 1. The number of nitrogens with one attached hydrogen (secondary N) is 1. The number of fused-ring (bicyclic) bond motifs is 1. The molecule has 1 aliphatic heterocycles. The summed E-state index contributed by atoms with van der Waals surface area (Å²) in [6.07, 6.45) is 8.89. The first-order chi connectivity index (χ1) is 13.2. The minimum absolute atomic E-state index is 0.172. The van der Waals surface area contributed by atoms with Crippen molar-refractivity contribution in [2.24, 2.45) is 4.99 Å². The van der Waals surface area contributed by atoms with E-state index in [1.165, 1.54) is 0 Å². The molecule has 1 amide bonds. The van der Waals surface area contributed by atoms with E-state index in [-0.39, 0.29) is 18.1 Å². The van der Waals surface area contributed by atoms with Gasteiger partial charge < -0.3 is 14.8 Å². The van der Waals surface area contributed by atoms with E-state index in [1.807, 2.05) is 49.4 Å². The largest absolute Gasteiger partial charge is 0.496 e. The molecular weight excluding hydrogens is 342 g/mol. The zero-order valence-electron chi connectivity index (χ0n) is 15.0. The molecule has 6 heteroatoms. The van der Waals surface area contributed by atoms with E-state index in [0.717, 1.165) is 11.1 Å². The molecule has 1 N–H and O–H groups in total. The monoisotopic (exact) mass is 361 g/mol. The van der Waals surface area contributed by atoms with Crippen molar-refractivity contribution in [2.45, 2.75) is 19.1 Å². The van der Waals surface area contributed by atoms with Gasteiger partial charge >= 0.3 is 0 Å². The highest BCUT2D eigenvalue weighted by Gasteiger charge is 2.31. The van der Waals surface area contributed by atoms with Gasteiger partial charge in [0.2, 0.25) is 5.90 Å². The Labute approximate surface area is 157 Å². The number of hydrogen-bond donors (Lipinski definition) is 1. The van der Waals surface area contributed by atoms with E-state index in [1.54, 1.807) is 25.6 Å². The number of ether oxygens (including phenoxy) is 2. The fourth-order valence-corrected chi connectivity index (χ4v) is 3.18. The first-order valence-electron chi connectivity index (χ1n) is 8.65. The molecule has 0 bridgehead atoms. The smallest absolute Gasteiger partial charge is 0.259 e. The Morgan fingerprint density at radius 2 is 2.15 bits per heavy atom. The van der Waals surface area contributed by atoms with E-state index >= 15 is 0 Å². The van der Waals surface area contributed by atoms with Crippen LogP contribution in [0.4, 0.5) is 0 Å². The zero-order chi connectivity index (χ0) is 18.8. The number of methoxy groups -OCH3 is 1. The number of para-hydroxylation sites is 1. The second kappa shape index (κ2) is 7.07. The van der Waals surface area contributed by atoms with Crippen LogP contribution in [-0.4, -0.2) is 36.0 Å². The lowest BCUT2D eigenvalue weighted by Gasteiger charge is -2.18. The van der Waals surface area contributed by atoms with Crippen molar-refractivity contribution in [1.29, 1.82) is 0 Å². The van der Waals surface area contributed by atoms with Gasteiger partial charge in [0.1, 0.15) is 17.9 Å². The van der Waals surface area contributed by atoms with Gasteiger partial charge in [0.25, 0.3) is 5.91 Å². The lowest BCUT2D eigenvalue weighted by molar-refractivity contribution is 0.0963. The zero-order valence-corrected chi connectivity index (χ0v) is 15.0. The highest BCUT2D eigenvalue weighted by Crippen LogP contribution is 2.26. The molecule has 0 unspecified atom stereocenters. The van der Waals surface area contributed by atoms with Crippen LogP contribution < -0.4 is 10.1 Å². The van der Waals surface area contributed by atoms with Crippen molar-refractivity contribution >= 4 is 11.8 Å². The van der Waals surface area contributed by atoms with E-state index in [0.29, 0.717) is 22.9 Å². The van der Waals surface area contributed by atoms with E-state index < -0.39 is 0 Å². The Kier molecular flexibility index (Phi) is 4.46. The third kappa shape index (κ3) is 3.33. The maximum absolute atomic E-state index is 12.7. The van der Waals surface area contributed by atoms with Gasteiger partial charge in [-0.2, -0.15) is 0 Å². The van der Waals surface area contributed by atoms with E-state index in [9.17, 15) is 4.79 Å². The summed E-state index contributed by atoms with van der Waals surface area (Å²) in [4.78, 5) is 21.4. The van der Waals surface area contributed by atoms with Gasteiger partial charge in [0, 0.05) is 18.1 Å². The summed E-state index contributed by atoms with van der Waals surface area (Å²) in [5.41, 5.74) is 2.93. The molecule has 1 aliphatic carbocycles. The summed E-state index contributed by atoms with van der Waals surface area (Å²) in [5, 5.41) is 2.92. The molecule has 2 heterocycles. The van der Waals surface area contributed by atoms with Gasteiger partial charge in [-0.25, -0.2) is 4.99 Å². The number of benzene rings is 1. The fraction of sp³-hybridized carbons (Fsp3) is 0.190. The lowest BCUT2D eigenvalue weighted by atomic mass is 10.0. The van der Waals surface area contributed by atoms with Crippen LogP contribution in [0.2, 0.25) is 0 Å². The molecule has 1 aromatic heterocycles. The SMILES string of the molecule is COc1c(C)cccc1C(=O)NC1=C[C@H]2N=C(c3cccnc3)O[C@@H]2C=C1. The number of amides is 1. The summed E-state index contributed by atoms with van der Waals surface area (Å²) in [5.74, 6) is 0.918. The lowest BCUT2D eigenvalue weighted by Crippen LogP contribution is -2.28. The molecule has 27 heavy (non-hydrogen) atoms. The minimum Gasteiger partial charge on any atom is -0.496 e. The van der Waals surface area contributed by atoms with Gasteiger partial charge in [-0.3, -0.25) is 9.78 Å². The van der Waals surface area contributed by atoms with Crippen LogP contribution in [0.3, 0.4) is 0 Å². The summed E-state index contributed by atoms with van der Waals surface area (Å²) in [6.45, 7) is 1.91. The van der Waals surface area contributed by atoms with Crippen LogP contribution >= 0.6 is 0 Å². The molecular formula is C21H19N3O3. The number of carbonyl (C=O) groups excluding carboxylic acids is 1. The van der Waals surface area contributed by atoms with Crippen molar-refractivity contribution in [2.75, 3.05) is 7.11 Å². The fourth-order valence-electron chi connectivity index (χ4n) is 3.18. The summed E-state index contributed by atoms with van der Waals surface area (Å²) < 4.78 is 11.3. The van der Waals surface area contributed by atoms with Gasteiger partial charge in [-0.1, -0.05) is 12.1 Å². The third-order valence-corrected chi connectivity index (χ3v) is 4.49. The molecule has 0 saturated heterocycles. The summed E-state index contributed by atoms with van der Waals surface area (Å²) in [7, 11) is 1.56. The molecule has 0 radical (unpaired) electrons. The number of rotatable bonds is 4. The van der Waals surface area contributed by atoms with E-state index in [2.05, 4.69) is 15.3 Å². The number of hydrogen-bond acceptors (Lipinski definition) is 5. The van der Waals surface area contributed by atoms with Gasteiger partial charge in [0.05, 0.1) is 18.2 Å². The number of allylic oxidation sites excluding steroid dienone is 1. The molecule has 0 spiro atoms. The number of aryl methyl sites for hydroxylation is 1. The standard InChI is InChI=1S/C21H19N3O3/c1-13-5-3-7-16(19(13)26-2)20(25)23-15-8-9-18-17(11-15)24-21(27-18)14-6-4-10-22-12-14/h3-12,17-18H,1-2H3,(H,23,25)/t17-,18-/m1/s1. The Morgan fingerprint density at radius 1 is 1.26 bits per heavy atom. The number of carbonyl (C=O) groups is 1. The molecule has 4 rings (SSSR count). The molecule has 6 nitrogen and oxygen atoms in total. The highest BCUT2D eigenvalue weighted by molar-refractivity contribution is 5.99. The van der Waals surface area contributed by atoms with Crippen LogP contribution in [0.1, 0.15) is 21.5 Å². The Bertz CT molecular complexity index is 964. The number of nitrogens with zero attached hydrogens (tertiary/aromatic N) is 2. The van der Waals surface area contributed by atoms with Crippen LogP contribution in [-0.2, 0) is 4.74 Å². The first-order valence-corrected chi connectivity index (χ1v) is 8.65. The van der Waals surface area contributed by atoms with Crippen molar-refractivity contribution < 1.29 is 14.3 Å². The topological polar surface area (TPSA) is 72.8 Å². The van der Waals surface area contributed by atoms with E-state index in [4.69, 9.17) is 9.47 Å². The second-order valence-electron chi connectivity index (χ2n) is 6.34. The van der Waals surface area contributed by atoms with Crippen LogP contribution in [0, 0.1) is 6.92 Å². The average molecular weight is 361 g/mol. The van der Waals surface area contributed by atoms with Crippen LogP contribution in [0.5, 0.6) is 5.75 Å². The minimum atomic E-state index is -0.222. The normalized spacial score (nSPS) is 20.2. The maximum Gasteiger partial charge on any atom is 0.259 e. The molecule has 2 atom stereocenters. The number of aliphatic imine (C=N–C) groups is 1. The predicted molar refractivity (Wildman–Crippen MR) is 102 cm³/mol. The second-order valence-corrected chi connectivity index (χ2v) is 6.34. The van der Waals surface area contributed by atoms with Crippen LogP contribution in [0.25, 0.3) is 0 Å². The Hall–Kier alpha value is -3.41. The number of pyridine rings is 1. The van der Waals surface area contributed by atoms with Gasteiger partial charge in [-0.15, -0.1) is 0 Å². The first kappa shape index (κ1) is 17.0. The highest BCUT2D eigenvalue weighted by atomic mass is 16.5.